The van der Waals surface area contributed by atoms with Gasteiger partial charge < -0.3 is 5.84 Å². The van der Waals surface area contributed by atoms with Crippen LogP contribution in [0.15, 0.2) is 23.2 Å². The number of nitrogen functional groups attached to an aromatic ring is 1. The van der Waals surface area contributed by atoms with Crippen LogP contribution in [0.5, 0.6) is 0 Å². The van der Waals surface area contributed by atoms with E-state index >= 15 is 0 Å². The number of hydrogen-bond donors (Lipinski definition) is 1. The first kappa shape index (κ1) is 11.3. The van der Waals surface area contributed by atoms with Crippen molar-refractivity contribution in [3.8, 4) is 0 Å². The third-order valence-electron chi connectivity index (χ3n) is 2.22. The monoisotopic (exact) mass is 256 g/mol. The fraction of sp³-hybridized carbons (Fsp3) is 0.125. The number of fused-ring (bicyclic) bond motifs is 1. The predicted molar refractivity (Wildman–Crippen MR) is 59.6 cm³/mol. The number of benzene rings is 1. The minimum atomic E-state index is -3.59. The normalized spacial score (nSPS) is 11.8. The molecule has 0 aliphatic heterocycles. The maximum Gasteiger partial charge on any atom is 0.270 e. The molecule has 0 atom stereocenters. The molecule has 0 saturated heterocycles. The predicted octanol–water partition coefficient (Wildman–Crippen LogP) is 0.0618. The molecule has 90 valence electrons. The van der Waals surface area contributed by atoms with Crippen LogP contribution in [-0.4, -0.2) is 29.5 Å². The molecule has 2 rings (SSSR count). The van der Waals surface area contributed by atoms with E-state index in [1.54, 1.807) is 0 Å². The number of hydrogen-bond acceptors (Lipinski definition) is 6. The van der Waals surface area contributed by atoms with Crippen molar-refractivity contribution in [2.45, 2.75) is 5.03 Å². The van der Waals surface area contributed by atoms with E-state index in [-0.39, 0.29) is 16.1 Å². The zero-order valence-corrected chi connectivity index (χ0v) is 9.51. The molecule has 9 heteroatoms. The highest BCUT2D eigenvalue weighted by atomic mass is 32.2. The first-order chi connectivity index (χ1) is 7.80. The average Bonchev–Trinajstić information content (AvgIpc) is 2.55. The van der Waals surface area contributed by atoms with E-state index in [2.05, 4.69) is 5.10 Å². The Bertz CT molecular complexity index is 718. The zero-order chi connectivity index (χ0) is 12.8. The van der Waals surface area contributed by atoms with E-state index < -0.39 is 14.8 Å². The molecular formula is C8H8N4O4S. The number of aromatic nitrogens is 2. The van der Waals surface area contributed by atoms with Crippen molar-refractivity contribution in [3.05, 3.63) is 28.3 Å². The summed E-state index contributed by atoms with van der Waals surface area (Å²) in [6.07, 6.45) is 0.966. The standard InChI is InChI=1S/C8H8N4O4S/c1-17(15,16)8-6-4-5(12(13)14)2-3-7(6)11(9)10-8/h2-4H,9H2,1H3. The van der Waals surface area contributed by atoms with Crippen molar-refractivity contribution < 1.29 is 13.3 Å². The largest absolute Gasteiger partial charge is 0.323 e. The lowest BCUT2D eigenvalue weighted by atomic mass is 10.2. The molecule has 0 unspecified atom stereocenters. The molecule has 2 aromatic rings. The van der Waals surface area contributed by atoms with E-state index in [9.17, 15) is 18.5 Å². The molecule has 1 aromatic carbocycles. The van der Waals surface area contributed by atoms with Crippen LogP contribution < -0.4 is 5.84 Å². The van der Waals surface area contributed by atoms with Gasteiger partial charge in [0.25, 0.3) is 5.69 Å². The molecule has 0 fully saturated rings. The summed E-state index contributed by atoms with van der Waals surface area (Å²) in [4.78, 5) is 10.9. The Hall–Kier alpha value is -2.16. The molecule has 17 heavy (non-hydrogen) atoms. The van der Waals surface area contributed by atoms with E-state index in [0.717, 1.165) is 17.1 Å². The lowest BCUT2D eigenvalue weighted by molar-refractivity contribution is -0.384. The van der Waals surface area contributed by atoms with Crippen molar-refractivity contribution in [1.29, 1.82) is 0 Å². The van der Waals surface area contributed by atoms with Crippen molar-refractivity contribution in [3.63, 3.8) is 0 Å². The van der Waals surface area contributed by atoms with Crippen molar-refractivity contribution >= 4 is 26.4 Å². The van der Waals surface area contributed by atoms with E-state index in [0.29, 0.717) is 5.52 Å². The van der Waals surface area contributed by atoms with Crippen LogP contribution in [0, 0.1) is 10.1 Å². The summed E-state index contributed by atoms with van der Waals surface area (Å²) in [6, 6.07) is 3.73. The van der Waals surface area contributed by atoms with Crippen LogP contribution in [0.2, 0.25) is 0 Å². The summed E-state index contributed by atoms with van der Waals surface area (Å²) in [5, 5.41) is 14.1. The second kappa shape index (κ2) is 3.42. The van der Waals surface area contributed by atoms with Crippen molar-refractivity contribution in [2.24, 2.45) is 0 Å². The summed E-state index contributed by atoms with van der Waals surface area (Å²) in [5.41, 5.74) is 0.103. The van der Waals surface area contributed by atoms with Gasteiger partial charge in [0.2, 0.25) is 0 Å². The Kier molecular flexibility index (Phi) is 2.28. The van der Waals surface area contributed by atoms with Gasteiger partial charge in [-0.3, -0.25) is 10.1 Å². The molecule has 0 aliphatic rings. The van der Waals surface area contributed by atoms with Crippen LogP contribution in [-0.2, 0) is 9.84 Å². The number of non-ortho nitro benzene ring substituents is 1. The third kappa shape index (κ3) is 1.80. The van der Waals surface area contributed by atoms with Gasteiger partial charge in [-0.1, -0.05) is 0 Å². The summed E-state index contributed by atoms with van der Waals surface area (Å²) in [7, 11) is -3.59. The summed E-state index contributed by atoms with van der Waals surface area (Å²) in [5.74, 6) is 5.47. The van der Waals surface area contributed by atoms with E-state index in [1.165, 1.54) is 12.1 Å². The second-order valence-electron chi connectivity index (χ2n) is 3.48. The highest BCUT2D eigenvalue weighted by Crippen LogP contribution is 2.25. The Morgan fingerprint density at radius 2 is 2.12 bits per heavy atom. The SMILES string of the molecule is CS(=O)(=O)c1nn(N)c2ccc([N+](=O)[O-])cc12. The molecule has 0 amide bonds. The third-order valence-corrected chi connectivity index (χ3v) is 3.22. The van der Waals surface area contributed by atoms with Crippen molar-refractivity contribution in [2.75, 3.05) is 12.1 Å². The fourth-order valence-corrected chi connectivity index (χ4v) is 2.29. The molecule has 8 nitrogen and oxygen atoms in total. The van der Waals surface area contributed by atoms with Gasteiger partial charge >= 0.3 is 0 Å². The summed E-state index contributed by atoms with van der Waals surface area (Å²) >= 11 is 0. The highest BCUT2D eigenvalue weighted by Gasteiger charge is 2.20. The zero-order valence-electron chi connectivity index (χ0n) is 8.69. The maximum atomic E-state index is 11.4. The molecule has 0 bridgehead atoms. The lowest BCUT2D eigenvalue weighted by Gasteiger charge is -1.94. The van der Waals surface area contributed by atoms with Gasteiger partial charge in [0, 0.05) is 23.8 Å². The Labute approximate surface area is 95.7 Å². The number of rotatable bonds is 2. The number of nitrogens with zero attached hydrogens (tertiary/aromatic N) is 3. The van der Waals surface area contributed by atoms with Crippen molar-refractivity contribution in [1.82, 2.24) is 9.89 Å². The molecule has 0 aliphatic carbocycles. The van der Waals surface area contributed by atoms with Gasteiger partial charge in [-0.2, -0.15) is 4.79 Å². The van der Waals surface area contributed by atoms with Gasteiger partial charge in [-0.05, 0) is 6.07 Å². The Morgan fingerprint density at radius 1 is 1.47 bits per heavy atom. The van der Waals surface area contributed by atoms with Gasteiger partial charge in [0.1, 0.15) is 0 Å². The number of nitrogens with two attached hydrogens (primary N) is 1. The maximum absolute atomic E-state index is 11.4. The van der Waals surface area contributed by atoms with E-state index in [1.807, 2.05) is 0 Å². The van der Waals surface area contributed by atoms with E-state index in [4.69, 9.17) is 5.84 Å². The fourth-order valence-electron chi connectivity index (χ4n) is 1.49. The number of sulfone groups is 1. The number of nitro benzene ring substituents is 1. The van der Waals surface area contributed by atoms with Gasteiger partial charge in [0.05, 0.1) is 10.4 Å². The quantitative estimate of drug-likeness (QED) is 0.460. The first-order valence-corrected chi connectivity index (χ1v) is 6.32. The van der Waals surface area contributed by atoms with Crippen LogP contribution >= 0.6 is 0 Å². The van der Waals surface area contributed by atoms with Gasteiger partial charge in [-0.25, -0.2) is 8.42 Å². The average molecular weight is 256 g/mol. The highest BCUT2D eigenvalue weighted by molar-refractivity contribution is 7.90. The molecule has 0 spiro atoms. The molecule has 1 aromatic heterocycles. The van der Waals surface area contributed by atoms with Crippen LogP contribution in [0.25, 0.3) is 10.9 Å². The van der Waals surface area contributed by atoms with Gasteiger partial charge in [-0.15, -0.1) is 5.10 Å². The summed E-state index contributed by atoms with van der Waals surface area (Å²) in [6.45, 7) is 0. The first-order valence-electron chi connectivity index (χ1n) is 4.43. The van der Waals surface area contributed by atoms with Gasteiger partial charge in [0.15, 0.2) is 14.9 Å². The van der Waals surface area contributed by atoms with Crippen LogP contribution in [0.1, 0.15) is 0 Å². The Balaban J connectivity index is 2.87. The Morgan fingerprint density at radius 3 is 2.65 bits per heavy atom. The minimum absolute atomic E-state index is 0.143. The molecule has 0 radical (unpaired) electrons. The molecule has 1 heterocycles. The summed E-state index contributed by atoms with van der Waals surface area (Å²) < 4.78 is 22.9. The lowest BCUT2D eigenvalue weighted by Crippen LogP contribution is -2.10. The minimum Gasteiger partial charge on any atom is -0.323 e. The molecule has 2 N–H and O–H groups in total. The smallest absolute Gasteiger partial charge is 0.270 e. The number of nitro groups is 1. The molecular weight excluding hydrogens is 248 g/mol. The topological polar surface area (TPSA) is 121 Å². The molecule has 0 saturated carbocycles. The van der Waals surface area contributed by atoms with Crippen LogP contribution in [0.4, 0.5) is 5.69 Å². The van der Waals surface area contributed by atoms with Crippen LogP contribution in [0.3, 0.4) is 0 Å². The second-order valence-corrected chi connectivity index (χ2v) is 5.41.